The summed E-state index contributed by atoms with van der Waals surface area (Å²) in [4.78, 5) is 13.2. The van der Waals surface area contributed by atoms with Crippen LogP contribution >= 0.6 is 0 Å². The van der Waals surface area contributed by atoms with Crippen LogP contribution in [0.3, 0.4) is 0 Å². The van der Waals surface area contributed by atoms with E-state index in [1.54, 1.807) is 0 Å². The first-order valence-electron chi connectivity index (χ1n) is 4.58. The molecule has 1 heterocycles. The molecule has 1 aromatic rings. The third kappa shape index (κ3) is 7.30. The smallest absolute Gasteiger partial charge is 0.317 e. The van der Waals surface area contributed by atoms with Gasteiger partial charge in [-0.1, -0.05) is 13.3 Å². The van der Waals surface area contributed by atoms with Crippen LogP contribution in [0.15, 0.2) is 18.7 Å². The maximum absolute atomic E-state index is 9.24. The van der Waals surface area contributed by atoms with E-state index in [-0.39, 0.29) is 6.54 Å². The Labute approximate surface area is 83.6 Å². The highest BCUT2D eigenvalue weighted by Crippen LogP contribution is 1.92. The maximum Gasteiger partial charge on any atom is 0.317 e. The highest BCUT2D eigenvalue weighted by molar-refractivity contribution is 5.68. The number of nitrogens with zero attached hydrogens (tertiary/aromatic N) is 2. The summed E-state index contributed by atoms with van der Waals surface area (Å²) in [7, 11) is 0. The van der Waals surface area contributed by atoms with Crippen molar-refractivity contribution in [2.75, 3.05) is 6.54 Å². The van der Waals surface area contributed by atoms with E-state index >= 15 is 0 Å². The van der Waals surface area contributed by atoms with E-state index in [0.29, 0.717) is 0 Å². The van der Waals surface area contributed by atoms with Gasteiger partial charge in [0, 0.05) is 18.9 Å². The molecule has 0 fully saturated rings. The minimum Gasteiger partial charge on any atom is -0.480 e. The molecule has 0 aliphatic heterocycles. The first kappa shape index (κ1) is 12.6. The summed E-state index contributed by atoms with van der Waals surface area (Å²) >= 11 is 0. The van der Waals surface area contributed by atoms with Crippen LogP contribution in [0.2, 0.25) is 0 Å². The Morgan fingerprint density at radius 2 is 2.29 bits per heavy atom. The number of unbranched alkanes of at least 4 members (excludes halogenated alkanes) is 1. The van der Waals surface area contributed by atoms with E-state index in [1.165, 1.54) is 12.8 Å². The Morgan fingerprint density at radius 1 is 1.64 bits per heavy atom. The van der Waals surface area contributed by atoms with Gasteiger partial charge in [0.25, 0.3) is 0 Å². The largest absolute Gasteiger partial charge is 0.480 e. The van der Waals surface area contributed by atoms with Crippen molar-refractivity contribution in [3.8, 4) is 0 Å². The number of nitrogens with two attached hydrogens (primary N) is 1. The second kappa shape index (κ2) is 8.25. The molecular weight excluding hydrogens is 182 g/mol. The highest BCUT2D eigenvalue weighted by Gasteiger charge is 1.85. The molecular formula is C9H17N3O2. The highest BCUT2D eigenvalue weighted by atomic mass is 16.4. The van der Waals surface area contributed by atoms with E-state index in [9.17, 15) is 4.79 Å². The fourth-order valence-electron chi connectivity index (χ4n) is 0.760. The third-order valence-electron chi connectivity index (χ3n) is 1.50. The predicted molar refractivity (Wildman–Crippen MR) is 53.8 cm³/mol. The minimum atomic E-state index is -0.968. The molecule has 5 heteroatoms. The number of carbonyl (C=O) groups is 1. The zero-order valence-corrected chi connectivity index (χ0v) is 8.39. The molecule has 0 unspecified atom stereocenters. The number of aryl methyl sites for hydroxylation is 1. The molecule has 0 aromatic carbocycles. The molecule has 80 valence electrons. The average Bonchev–Trinajstić information content (AvgIpc) is 2.68. The molecule has 0 atom stereocenters. The van der Waals surface area contributed by atoms with Gasteiger partial charge in [-0.2, -0.15) is 0 Å². The Hall–Kier alpha value is -1.36. The summed E-state index contributed by atoms with van der Waals surface area (Å²) < 4.78 is 2.10. The molecule has 0 aliphatic rings. The van der Waals surface area contributed by atoms with Crippen molar-refractivity contribution in [2.24, 2.45) is 5.73 Å². The number of carboxylic acids is 1. The summed E-state index contributed by atoms with van der Waals surface area (Å²) in [5.74, 6) is -0.968. The zero-order chi connectivity index (χ0) is 10.8. The molecule has 0 radical (unpaired) electrons. The van der Waals surface area contributed by atoms with Gasteiger partial charge < -0.3 is 15.4 Å². The lowest BCUT2D eigenvalue weighted by Crippen LogP contribution is -2.10. The van der Waals surface area contributed by atoms with Gasteiger partial charge in [0.2, 0.25) is 0 Å². The maximum atomic E-state index is 9.24. The van der Waals surface area contributed by atoms with Gasteiger partial charge >= 0.3 is 5.97 Å². The number of hydrogen-bond acceptors (Lipinski definition) is 3. The second-order valence-corrected chi connectivity index (χ2v) is 2.75. The van der Waals surface area contributed by atoms with E-state index < -0.39 is 5.97 Å². The van der Waals surface area contributed by atoms with E-state index in [4.69, 9.17) is 5.11 Å². The van der Waals surface area contributed by atoms with E-state index in [1.807, 2.05) is 18.7 Å². The Balaban J connectivity index is 0.000000292. The van der Waals surface area contributed by atoms with Crippen LogP contribution in [0, 0.1) is 0 Å². The molecule has 0 spiro atoms. The molecule has 14 heavy (non-hydrogen) atoms. The lowest BCUT2D eigenvalue weighted by atomic mass is 10.3. The number of imidazole rings is 1. The summed E-state index contributed by atoms with van der Waals surface area (Å²) in [6.45, 7) is 3.02. The molecule has 0 saturated heterocycles. The molecule has 5 nitrogen and oxygen atoms in total. The molecule has 0 aliphatic carbocycles. The van der Waals surface area contributed by atoms with E-state index in [0.717, 1.165) is 6.54 Å². The third-order valence-corrected chi connectivity index (χ3v) is 1.50. The van der Waals surface area contributed by atoms with Crippen LogP contribution in [0.4, 0.5) is 0 Å². The van der Waals surface area contributed by atoms with Gasteiger partial charge in [-0.3, -0.25) is 4.79 Å². The van der Waals surface area contributed by atoms with Crippen molar-refractivity contribution in [1.29, 1.82) is 0 Å². The van der Waals surface area contributed by atoms with Crippen molar-refractivity contribution >= 4 is 5.97 Å². The number of aliphatic carboxylic acids is 1. The van der Waals surface area contributed by atoms with Crippen molar-refractivity contribution < 1.29 is 9.90 Å². The average molecular weight is 199 g/mol. The van der Waals surface area contributed by atoms with Crippen LogP contribution in [0.25, 0.3) is 0 Å². The summed E-state index contributed by atoms with van der Waals surface area (Å²) in [5, 5.41) is 7.60. The standard InChI is InChI=1S/C7H12N2.C2H5NO2/c1-2-3-5-9-6-4-8-7-9;3-1-2(4)5/h4,6-7H,2-3,5H2,1H3;1,3H2,(H,4,5). The first-order chi connectivity index (χ1) is 6.70. The first-order valence-corrected chi connectivity index (χ1v) is 4.58. The number of rotatable bonds is 4. The summed E-state index contributed by atoms with van der Waals surface area (Å²) in [6.07, 6.45) is 8.16. The monoisotopic (exact) mass is 199 g/mol. The van der Waals surface area contributed by atoms with Gasteiger partial charge in [0.15, 0.2) is 0 Å². The summed E-state index contributed by atoms with van der Waals surface area (Å²) in [6, 6.07) is 0. The molecule has 1 aromatic heterocycles. The van der Waals surface area contributed by atoms with Crippen LogP contribution in [0.5, 0.6) is 0 Å². The predicted octanol–water partition coefficient (Wildman–Crippen LogP) is 0.713. The van der Waals surface area contributed by atoms with Crippen molar-refractivity contribution in [3.63, 3.8) is 0 Å². The zero-order valence-electron chi connectivity index (χ0n) is 8.39. The lowest BCUT2D eigenvalue weighted by Gasteiger charge is -1.96. The molecule has 0 bridgehead atoms. The molecule has 0 saturated carbocycles. The van der Waals surface area contributed by atoms with Crippen molar-refractivity contribution in [3.05, 3.63) is 18.7 Å². The second-order valence-electron chi connectivity index (χ2n) is 2.75. The fraction of sp³-hybridized carbons (Fsp3) is 0.556. The Kier molecular flexibility index (Phi) is 7.45. The number of aromatic nitrogens is 2. The normalized spacial score (nSPS) is 9.00. The number of hydrogen-bond donors (Lipinski definition) is 2. The van der Waals surface area contributed by atoms with Crippen molar-refractivity contribution in [2.45, 2.75) is 26.3 Å². The molecule has 1 rings (SSSR count). The SMILES string of the molecule is CCCCn1ccnc1.NCC(=O)O. The van der Waals surface area contributed by atoms with Gasteiger partial charge in [-0.25, -0.2) is 4.98 Å². The number of carboxylic acid groups (broad SMARTS) is 1. The Morgan fingerprint density at radius 3 is 2.64 bits per heavy atom. The topological polar surface area (TPSA) is 81.1 Å². The quantitative estimate of drug-likeness (QED) is 0.748. The van der Waals surface area contributed by atoms with Gasteiger partial charge in [0.1, 0.15) is 0 Å². The van der Waals surface area contributed by atoms with Gasteiger partial charge in [0.05, 0.1) is 12.9 Å². The van der Waals surface area contributed by atoms with Crippen LogP contribution in [0.1, 0.15) is 19.8 Å². The van der Waals surface area contributed by atoms with Crippen LogP contribution in [-0.4, -0.2) is 27.2 Å². The molecule has 3 N–H and O–H groups in total. The van der Waals surface area contributed by atoms with Crippen molar-refractivity contribution in [1.82, 2.24) is 9.55 Å². The Bertz CT molecular complexity index is 234. The van der Waals surface area contributed by atoms with Gasteiger partial charge in [-0.15, -0.1) is 0 Å². The van der Waals surface area contributed by atoms with Crippen LogP contribution in [-0.2, 0) is 11.3 Å². The minimum absolute atomic E-state index is 0.278. The summed E-state index contributed by atoms with van der Waals surface area (Å²) in [5.41, 5.74) is 4.57. The van der Waals surface area contributed by atoms with Gasteiger partial charge in [-0.05, 0) is 6.42 Å². The lowest BCUT2D eigenvalue weighted by molar-refractivity contribution is -0.135. The molecule has 0 amide bonds. The fourth-order valence-corrected chi connectivity index (χ4v) is 0.760. The van der Waals surface area contributed by atoms with E-state index in [2.05, 4.69) is 22.2 Å². The van der Waals surface area contributed by atoms with Crippen LogP contribution < -0.4 is 5.73 Å².